The predicted molar refractivity (Wildman–Crippen MR) is 82.7 cm³/mol. The molecule has 5 nitrogen and oxygen atoms in total. The van der Waals surface area contributed by atoms with Crippen molar-refractivity contribution in [2.45, 2.75) is 19.4 Å². The molecule has 0 radical (unpaired) electrons. The summed E-state index contributed by atoms with van der Waals surface area (Å²) in [6.45, 7) is 2.15. The highest BCUT2D eigenvalue weighted by Gasteiger charge is 2.11. The van der Waals surface area contributed by atoms with Crippen molar-refractivity contribution in [2.75, 3.05) is 13.7 Å². The van der Waals surface area contributed by atoms with Gasteiger partial charge < -0.3 is 15.2 Å². The molecular weight excluding hydrogens is 288 g/mol. The summed E-state index contributed by atoms with van der Waals surface area (Å²) in [6, 6.07) is 7.54. The first-order valence-corrected chi connectivity index (χ1v) is 7.48. The standard InChI is InChI=1S/C15H18N2O3S/c1-10(18)7-8-16-14(19)13-9-17-15(21-13)11-3-5-12(20-2)6-4-11/h3-6,9-10,18H,7-8H2,1-2H3,(H,16,19). The van der Waals surface area contributed by atoms with Crippen molar-refractivity contribution in [3.05, 3.63) is 35.3 Å². The highest BCUT2D eigenvalue weighted by atomic mass is 32.1. The number of nitrogens with one attached hydrogen (secondary N) is 1. The third-order valence-corrected chi connectivity index (χ3v) is 3.96. The van der Waals surface area contributed by atoms with E-state index in [1.165, 1.54) is 11.3 Å². The van der Waals surface area contributed by atoms with E-state index in [2.05, 4.69) is 10.3 Å². The van der Waals surface area contributed by atoms with Crippen molar-refractivity contribution in [2.24, 2.45) is 0 Å². The van der Waals surface area contributed by atoms with Crippen molar-refractivity contribution in [3.8, 4) is 16.3 Å². The van der Waals surface area contributed by atoms with Crippen molar-refractivity contribution in [3.63, 3.8) is 0 Å². The molecule has 6 heteroatoms. The van der Waals surface area contributed by atoms with E-state index in [0.29, 0.717) is 17.8 Å². The lowest BCUT2D eigenvalue weighted by Gasteiger charge is -2.04. The number of thiazole rings is 1. The van der Waals surface area contributed by atoms with Crippen LogP contribution in [0.4, 0.5) is 0 Å². The Balaban J connectivity index is 2.01. The summed E-state index contributed by atoms with van der Waals surface area (Å²) in [5, 5.41) is 12.7. The Morgan fingerprint density at radius 1 is 1.43 bits per heavy atom. The van der Waals surface area contributed by atoms with E-state index in [1.807, 2.05) is 24.3 Å². The average molecular weight is 306 g/mol. The van der Waals surface area contributed by atoms with Crippen LogP contribution in [-0.4, -0.2) is 35.8 Å². The van der Waals surface area contributed by atoms with E-state index < -0.39 is 6.10 Å². The summed E-state index contributed by atoms with van der Waals surface area (Å²) >= 11 is 1.34. The summed E-state index contributed by atoms with van der Waals surface area (Å²) in [5.41, 5.74) is 0.948. The molecular formula is C15H18N2O3S. The van der Waals surface area contributed by atoms with Gasteiger partial charge in [0.25, 0.3) is 5.91 Å². The maximum absolute atomic E-state index is 11.9. The number of ether oxygens (including phenoxy) is 1. The maximum Gasteiger partial charge on any atom is 0.263 e. The van der Waals surface area contributed by atoms with Gasteiger partial charge in [-0.15, -0.1) is 11.3 Å². The minimum absolute atomic E-state index is 0.159. The lowest BCUT2D eigenvalue weighted by molar-refractivity contribution is 0.0949. The Labute approximate surface area is 127 Å². The van der Waals surface area contributed by atoms with Gasteiger partial charge in [0.15, 0.2) is 0 Å². The SMILES string of the molecule is COc1ccc(-c2ncc(C(=O)NCCC(C)O)s2)cc1. The van der Waals surface area contributed by atoms with Crippen molar-refractivity contribution in [1.82, 2.24) is 10.3 Å². The fraction of sp³-hybridized carbons (Fsp3) is 0.333. The minimum atomic E-state index is -0.415. The van der Waals surface area contributed by atoms with Gasteiger partial charge in [-0.1, -0.05) is 0 Å². The fourth-order valence-electron chi connectivity index (χ4n) is 1.73. The van der Waals surface area contributed by atoms with Crippen LogP contribution in [0.1, 0.15) is 23.0 Å². The lowest BCUT2D eigenvalue weighted by atomic mass is 10.2. The van der Waals surface area contributed by atoms with Crippen LogP contribution in [0.3, 0.4) is 0 Å². The van der Waals surface area contributed by atoms with Gasteiger partial charge in [-0.3, -0.25) is 4.79 Å². The number of hydrogen-bond acceptors (Lipinski definition) is 5. The van der Waals surface area contributed by atoms with Crippen LogP contribution in [0.2, 0.25) is 0 Å². The van der Waals surface area contributed by atoms with Crippen LogP contribution < -0.4 is 10.1 Å². The van der Waals surface area contributed by atoms with E-state index >= 15 is 0 Å². The van der Waals surface area contributed by atoms with E-state index in [4.69, 9.17) is 9.84 Å². The van der Waals surface area contributed by atoms with Crippen LogP contribution in [-0.2, 0) is 0 Å². The number of benzene rings is 1. The van der Waals surface area contributed by atoms with Crippen LogP contribution in [0.15, 0.2) is 30.5 Å². The number of aliphatic hydroxyl groups is 1. The smallest absolute Gasteiger partial charge is 0.263 e. The molecule has 0 aliphatic carbocycles. The Morgan fingerprint density at radius 3 is 2.76 bits per heavy atom. The third kappa shape index (κ3) is 4.27. The molecule has 1 atom stereocenters. The van der Waals surface area contributed by atoms with E-state index in [0.717, 1.165) is 16.3 Å². The predicted octanol–water partition coefficient (Wildman–Crippen LogP) is 2.32. The number of methoxy groups -OCH3 is 1. The molecule has 0 aliphatic rings. The van der Waals surface area contributed by atoms with Gasteiger partial charge in [0.1, 0.15) is 15.6 Å². The largest absolute Gasteiger partial charge is 0.497 e. The zero-order chi connectivity index (χ0) is 15.2. The minimum Gasteiger partial charge on any atom is -0.497 e. The van der Waals surface area contributed by atoms with Crippen molar-refractivity contribution in [1.29, 1.82) is 0 Å². The highest BCUT2D eigenvalue weighted by molar-refractivity contribution is 7.16. The second kappa shape index (κ2) is 7.19. The second-order valence-corrected chi connectivity index (χ2v) is 5.68. The number of amides is 1. The van der Waals surface area contributed by atoms with Crippen LogP contribution in [0.25, 0.3) is 10.6 Å². The molecule has 2 rings (SSSR count). The van der Waals surface area contributed by atoms with Gasteiger partial charge in [0.2, 0.25) is 0 Å². The van der Waals surface area contributed by atoms with Crippen molar-refractivity contribution >= 4 is 17.2 Å². The maximum atomic E-state index is 11.9. The van der Waals surface area contributed by atoms with Crippen LogP contribution >= 0.6 is 11.3 Å². The highest BCUT2D eigenvalue weighted by Crippen LogP contribution is 2.26. The monoisotopic (exact) mass is 306 g/mol. The van der Waals surface area contributed by atoms with Gasteiger partial charge in [0, 0.05) is 12.1 Å². The third-order valence-electron chi connectivity index (χ3n) is 2.91. The Bertz CT molecular complexity index is 593. The first-order chi connectivity index (χ1) is 10.1. The molecule has 0 aliphatic heterocycles. The normalized spacial score (nSPS) is 12.0. The molecule has 0 fully saturated rings. The molecule has 1 aromatic heterocycles. The molecule has 0 saturated heterocycles. The molecule has 2 N–H and O–H groups in total. The van der Waals surface area contributed by atoms with Gasteiger partial charge >= 0.3 is 0 Å². The second-order valence-electron chi connectivity index (χ2n) is 4.65. The number of carbonyl (C=O) groups is 1. The quantitative estimate of drug-likeness (QED) is 0.859. The summed E-state index contributed by atoms with van der Waals surface area (Å²) in [4.78, 5) is 16.8. The summed E-state index contributed by atoms with van der Waals surface area (Å²) in [7, 11) is 1.62. The molecule has 0 bridgehead atoms. The molecule has 1 aromatic carbocycles. The zero-order valence-electron chi connectivity index (χ0n) is 12.0. The first kappa shape index (κ1) is 15.5. The summed E-state index contributed by atoms with van der Waals surface area (Å²) in [5.74, 6) is 0.624. The Morgan fingerprint density at radius 2 is 2.14 bits per heavy atom. The molecule has 0 saturated carbocycles. The molecule has 1 heterocycles. The fourth-order valence-corrected chi connectivity index (χ4v) is 2.57. The van der Waals surface area contributed by atoms with Crippen LogP contribution in [0.5, 0.6) is 5.75 Å². The van der Waals surface area contributed by atoms with Crippen LogP contribution in [0, 0.1) is 0 Å². The number of rotatable bonds is 6. The Hall–Kier alpha value is -1.92. The molecule has 112 valence electrons. The first-order valence-electron chi connectivity index (χ1n) is 6.66. The summed E-state index contributed by atoms with van der Waals surface area (Å²) < 4.78 is 5.11. The molecule has 0 spiro atoms. The van der Waals surface area contributed by atoms with E-state index in [-0.39, 0.29) is 5.91 Å². The lowest BCUT2D eigenvalue weighted by Crippen LogP contribution is -2.25. The van der Waals surface area contributed by atoms with Gasteiger partial charge in [-0.2, -0.15) is 0 Å². The van der Waals surface area contributed by atoms with Crippen molar-refractivity contribution < 1.29 is 14.6 Å². The molecule has 2 aromatic rings. The average Bonchev–Trinajstić information content (AvgIpc) is 2.97. The van der Waals surface area contributed by atoms with Gasteiger partial charge in [-0.05, 0) is 37.6 Å². The number of aromatic nitrogens is 1. The summed E-state index contributed by atoms with van der Waals surface area (Å²) in [6.07, 6.45) is 1.69. The number of carbonyl (C=O) groups excluding carboxylic acids is 1. The molecule has 1 unspecified atom stereocenters. The van der Waals surface area contributed by atoms with E-state index in [1.54, 1.807) is 20.2 Å². The topological polar surface area (TPSA) is 71.5 Å². The Kier molecular flexibility index (Phi) is 5.30. The zero-order valence-corrected chi connectivity index (χ0v) is 12.8. The molecule has 21 heavy (non-hydrogen) atoms. The van der Waals surface area contributed by atoms with Gasteiger partial charge in [-0.25, -0.2) is 4.98 Å². The van der Waals surface area contributed by atoms with E-state index in [9.17, 15) is 4.79 Å². The number of aliphatic hydroxyl groups excluding tert-OH is 1. The number of nitrogens with zero attached hydrogens (tertiary/aromatic N) is 1. The number of hydrogen-bond donors (Lipinski definition) is 2. The molecule has 1 amide bonds. The van der Waals surface area contributed by atoms with Gasteiger partial charge in [0.05, 0.1) is 19.4 Å².